The molecule has 6 nitrogen and oxygen atoms in total. The van der Waals surface area contributed by atoms with Gasteiger partial charge in [-0.3, -0.25) is 9.59 Å². The van der Waals surface area contributed by atoms with Crippen molar-refractivity contribution in [2.24, 2.45) is 0 Å². The summed E-state index contributed by atoms with van der Waals surface area (Å²) in [5.41, 5.74) is 1.49. The van der Waals surface area contributed by atoms with Crippen LogP contribution in [0.3, 0.4) is 0 Å². The first-order valence-corrected chi connectivity index (χ1v) is 7.86. The monoisotopic (exact) mass is 334 g/mol. The summed E-state index contributed by atoms with van der Waals surface area (Å²) in [6.45, 7) is 0.224. The summed E-state index contributed by atoms with van der Waals surface area (Å²) in [7, 11) is 3.12. The van der Waals surface area contributed by atoms with Crippen LogP contribution in [0.25, 0.3) is 0 Å². The number of amides is 2. The van der Waals surface area contributed by atoms with Crippen molar-refractivity contribution in [3.8, 4) is 5.75 Å². The summed E-state index contributed by atoms with van der Waals surface area (Å²) in [5, 5.41) is 8.97. The Balaban J connectivity index is 1.85. The minimum absolute atomic E-state index is 0.224. The van der Waals surface area contributed by atoms with Gasteiger partial charge in [0.25, 0.3) is 0 Å². The number of ether oxygens (including phenoxy) is 2. The van der Waals surface area contributed by atoms with Crippen LogP contribution in [0.4, 0.5) is 5.69 Å². The van der Waals surface area contributed by atoms with E-state index in [4.69, 9.17) is 9.47 Å². The number of methoxy groups -OCH3 is 2. The van der Waals surface area contributed by atoms with Crippen molar-refractivity contribution < 1.29 is 19.1 Å². The largest absolute Gasteiger partial charge is 0.497 e. The Morgan fingerprint density at radius 1 is 1.13 bits per heavy atom. The molecule has 0 aliphatic carbocycles. The molecule has 0 aliphatic rings. The number of thiophene rings is 1. The Morgan fingerprint density at radius 2 is 1.87 bits per heavy atom. The maximum Gasteiger partial charge on any atom is 0.313 e. The van der Waals surface area contributed by atoms with E-state index >= 15 is 0 Å². The second kappa shape index (κ2) is 8.30. The normalized spacial score (nSPS) is 11.6. The quantitative estimate of drug-likeness (QED) is 0.794. The predicted molar refractivity (Wildman–Crippen MR) is 88.7 cm³/mol. The molecule has 0 saturated heterocycles. The molecule has 1 aromatic carbocycles. The predicted octanol–water partition coefficient (Wildman–Crippen LogP) is 2.20. The minimum Gasteiger partial charge on any atom is -0.497 e. The van der Waals surface area contributed by atoms with Crippen molar-refractivity contribution in [1.29, 1.82) is 0 Å². The van der Waals surface area contributed by atoms with Gasteiger partial charge in [0.15, 0.2) is 0 Å². The number of rotatable bonds is 6. The van der Waals surface area contributed by atoms with E-state index in [1.165, 1.54) is 0 Å². The van der Waals surface area contributed by atoms with Crippen LogP contribution in [0.1, 0.15) is 11.7 Å². The number of carbonyl (C=O) groups excluding carboxylic acids is 2. The highest BCUT2D eigenvalue weighted by Crippen LogP contribution is 2.18. The molecule has 2 rings (SSSR count). The zero-order valence-electron chi connectivity index (χ0n) is 12.9. The molecule has 2 N–H and O–H groups in total. The van der Waals surface area contributed by atoms with Gasteiger partial charge in [0, 0.05) is 19.3 Å². The van der Waals surface area contributed by atoms with E-state index < -0.39 is 11.8 Å². The van der Waals surface area contributed by atoms with E-state index in [2.05, 4.69) is 10.6 Å². The van der Waals surface area contributed by atoms with Gasteiger partial charge in [0.1, 0.15) is 11.9 Å². The molecule has 0 fully saturated rings. The number of hydrogen-bond acceptors (Lipinski definition) is 5. The zero-order chi connectivity index (χ0) is 16.7. The smallest absolute Gasteiger partial charge is 0.313 e. The second-order valence-electron chi connectivity index (χ2n) is 4.67. The number of anilines is 1. The van der Waals surface area contributed by atoms with Gasteiger partial charge in [-0.1, -0.05) is 0 Å². The Labute approximate surface area is 138 Å². The maximum absolute atomic E-state index is 11.9. The van der Waals surface area contributed by atoms with Gasteiger partial charge in [0.05, 0.1) is 7.11 Å². The van der Waals surface area contributed by atoms with E-state index in [-0.39, 0.29) is 12.6 Å². The Bertz CT molecular complexity index is 641. The molecule has 2 aromatic rings. The molecule has 0 spiro atoms. The first-order chi connectivity index (χ1) is 11.1. The lowest BCUT2D eigenvalue weighted by Gasteiger charge is -2.14. The lowest BCUT2D eigenvalue weighted by molar-refractivity contribution is -0.136. The summed E-state index contributed by atoms with van der Waals surface area (Å²) in [4.78, 5) is 23.7. The first-order valence-electron chi connectivity index (χ1n) is 6.92. The molecular formula is C16H18N2O4S. The van der Waals surface area contributed by atoms with Crippen molar-refractivity contribution in [3.63, 3.8) is 0 Å². The van der Waals surface area contributed by atoms with Gasteiger partial charge in [-0.25, -0.2) is 0 Å². The third-order valence-electron chi connectivity index (χ3n) is 3.20. The summed E-state index contributed by atoms with van der Waals surface area (Å²) in [5.74, 6) is -0.764. The standard InChI is InChI=1S/C16H18N2O4S/c1-21-13-5-3-12(4-6-13)18-16(20)15(19)17-9-14(22-2)11-7-8-23-10-11/h3-8,10,14H,9H2,1-2H3,(H,17,19)(H,18,20). The average Bonchev–Trinajstić information content (AvgIpc) is 3.10. The molecule has 1 atom stereocenters. The van der Waals surface area contributed by atoms with Gasteiger partial charge in [-0.05, 0) is 46.7 Å². The molecule has 0 aliphatic heterocycles. The Hall–Kier alpha value is -2.38. The van der Waals surface area contributed by atoms with E-state index in [9.17, 15) is 9.59 Å². The van der Waals surface area contributed by atoms with Crippen LogP contribution in [0.15, 0.2) is 41.1 Å². The van der Waals surface area contributed by atoms with E-state index in [1.54, 1.807) is 49.8 Å². The highest BCUT2D eigenvalue weighted by atomic mass is 32.1. The average molecular weight is 334 g/mol. The van der Waals surface area contributed by atoms with Gasteiger partial charge in [-0.15, -0.1) is 0 Å². The van der Waals surface area contributed by atoms with Gasteiger partial charge in [-0.2, -0.15) is 11.3 Å². The molecule has 23 heavy (non-hydrogen) atoms. The summed E-state index contributed by atoms with van der Waals surface area (Å²) < 4.78 is 10.3. The molecule has 1 unspecified atom stereocenters. The van der Waals surface area contributed by atoms with Crippen molar-refractivity contribution in [1.82, 2.24) is 5.32 Å². The number of nitrogens with one attached hydrogen (secondary N) is 2. The first kappa shape index (κ1) is 17.0. The van der Waals surface area contributed by atoms with Crippen LogP contribution < -0.4 is 15.4 Å². The molecule has 1 aromatic heterocycles. The third kappa shape index (κ3) is 4.80. The van der Waals surface area contributed by atoms with E-state index in [1.807, 2.05) is 16.8 Å². The highest BCUT2D eigenvalue weighted by Gasteiger charge is 2.17. The van der Waals surface area contributed by atoms with Crippen molar-refractivity contribution in [2.45, 2.75) is 6.10 Å². The molecular weight excluding hydrogens is 316 g/mol. The fraction of sp³-hybridized carbons (Fsp3) is 0.250. The number of hydrogen-bond donors (Lipinski definition) is 2. The molecule has 0 bridgehead atoms. The fourth-order valence-corrected chi connectivity index (χ4v) is 2.63. The van der Waals surface area contributed by atoms with Crippen molar-refractivity contribution in [2.75, 3.05) is 26.1 Å². The van der Waals surface area contributed by atoms with Gasteiger partial charge < -0.3 is 20.1 Å². The maximum atomic E-state index is 11.9. The Kier molecular flexibility index (Phi) is 6.13. The molecule has 2 amide bonds. The number of carbonyl (C=O) groups is 2. The van der Waals surface area contributed by atoms with Crippen LogP contribution >= 0.6 is 11.3 Å². The molecule has 0 saturated carbocycles. The zero-order valence-corrected chi connectivity index (χ0v) is 13.7. The van der Waals surface area contributed by atoms with E-state index in [0.29, 0.717) is 11.4 Å². The molecule has 7 heteroatoms. The minimum atomic E-state index is -0.727. The second-order valence-corrected chi connectivity index (χ2v) is 5.45. The number of benzene rings is 1. The molecule has 0 radical (unpaired) electrons. The molecule has 1 heterocycles. The highest BCUT2D eigenvalue weighted by molar-refractivity contribution is 7.07. The Morgan fingerprint density at radius 3 is 2.43 bits per heavy atom. The summed E-state index contributed by atoms with van der Waals surface area (Å²) in [6, 6.07) is 8.64. The van der Waals surface area contributed by atoms with E-state index in [0.717, 1.165) is 5.56 Å². The summed E-state index contributed by atoms with van der Waals surface area (Å²) >= 11 is 1.55. The molecule has 122 valence electrons. The van der Waals surface area contributed by atoms with Crippen molar-refractivity contribution >= 4 is 28.8 Å². The van der Waals surface area contributed by atoms with Crippen LogP contribution in [0.2, 0.25) is 0 Å². The van der Waals surface area contributed by atoms with Crippen molar-refractivity contribution in [3.05, 3.63) is 46.7 Å². The lowest BCUT2D eigenvalue weighted by atomic mass is 10.2. The lowest BCUT2D eigenvalue weighted by Crippen LogP contribution is -2.37. The van der Waals surface area contributed by atoms with Crippen LogP contribution in [-0.4, -0.2) is 32.6 Å². The SMILES string of the molecule is COc1ccc(NC(=O)C(=O)NCC(OC)c2ccsc2)cc1. The topological polar surface area (TPSA) is 76.7 Å². The van der Waals surface area contributed by atoms with Crippen LogP contribution in [0, 0.1) is 0 Å². The van der Waals surface area contributed by atoms with Crippen LogP contribution in [0.5, 0.6) is 5.75 Å². The van der Waals surface area contributed by atoms with Gasteiger partial charge >= 0.3 is 11.8 Å². The van der Waals surface area contributed by atoms with Gasteiger partial charge in [0.2, 0.25) is 0 Å². The fourth-order valence-electron chi connectivity index (χ4n) is 1.92. The third-order valence-corrected chi connectivity index (χ3v) is 3.90. The summed E-state index contributed by atoms with van der Waals surface area (Å²) in [6.07, 6.45) is -0.279. The van der Waals surface area contributed by atoms with Crippen LogP contribution in [-0.2, 0) is 14.3 Å².